The van der Waals surface area contributed by atoms with Crippen molar-refractivity contribution in [2.45, 2.75) is 6.92 Å². The van der Waals surface area contributed by atoms with Crippen molar-refractivity contribution in [1.82, 2.24) is 0 Å². The van der Waals surface area contributed by atoms with Crippen LogP contribution < -0.4 is 4.74 Å². The Morgan fingerprint density at radius 1 is 0.633 bits per heavy atom. The average molecular weight is 431 g/mol. The number of hydrogen-bond donors (Lipinski definition) is 0. The van der Waals surface area contributed by atoms with Crippen molar-refractivity contribution >= 4 is 5.69 Å². The van der Waals surface area contributed by atoms with Crippen LogP contribution >= 0.6 is 0 Å². The molecule has 0 aromatic heterocycles. The van der Waals surface area contributed by atoms with Crippen LogP contribution in [-0.4, -0.2) is 90.8 Å². The minimum absolute atomic E-state index is 0.0333. The van der Waals surface area contributed by atoms with Crippen LogP contribution in [0, 0.1) is 10.1 Å². The molecule has 0 spiro atoms. The zero-order valence-corrected chi connectivity index (χ0v) is 17.6. The minimum Gasteiger partial charge on any atom is -0.491 e. The second-order valence-electron chi connectivity index (χ2n) is 5.86. The highest BCUT2D eigenvalue weighted by Crippen LogP contribution is 2.16. The number of ether oxygens (including phenoxy) is 7. The van der Waals surface area contributed by atoms with Crippen molar-refractivity contribution in [3.8, 4) is 5.75 Å². The van der Waals surface area contributed by atoms with Crippen LogP contribution in [0.5, 0.6) is 5.75 Å². The van der Waals surface area contributed by atoms with E-state index in [9.17, 15) is 10.1 Å². The Bertz CT molecular complexity index is 528. The van der Waals surface area contributed by atoms with Gasteiger partial charge in [0.15, 0.2) is 0 Å². The van der Waals surface area contributed by atoms with Gasteiger partial charge in [-0.2, -0.15) is 0 Å². The largest absolute Gasteiger partial charge is 0.491 e. The standard InChI is InChI=1S/C20H33NO9/c1-2-24-7-8-25-9-10-26-11-12-27-13-14-28-15-16-29-17-18-30-20-5-3-19(4-6-20)21(22)23/h3-6H,2,7-18H2,1H3. The van der Waals surface area contributed by atoms with E-state index in [0.29, 0.717) is 91.6 Å². The molecule has 0 radical (unpaired) electrons. The lowest BCUT2D eigenvalue weighted by molar-refractivity contribution is -0.384. The maximum Gasteiger partial charge on any atom is 0.269 e. The molecule has 0 fully saturated rings. The van der Waals surface area contributed by atoms with Gasteiger partial charge in [-0.1, -0.05) is 0 Å². The van der Waals surface area contributed by atoms with Crippen LogP contribution in [0.25, 0.3) is 0 Å². The van der Waals surface area contributed by atoms with Gasteiger partial charge in [0.05, 0.1) is 77.6 Å². The van der Waals surface area contributed by atoms with Crippen LogP contribution in [0.4, 0.5) is 5.69 Å². The molecule has 0 N–H and O–H groups in total. The summed E-state index contributed by atoms with van der Waals surface area (Å²) in [5.41, 5.74) is 0.0333. The number of non-ortho nitro benzene ring substituents is 1. The Morgan fingerprint density at radius 3 is 1.37 bits per heavy atom. The third-order valence-electron chi connectivity index (χ3n) is 3.61. The van der Waals surface area contributed by atoms with Gasteiger partial charge >= 0.3 is 0 Å². The molecular weight excluding hydrogens is 398 g/mol. The zero-order valence-electron chi connectivity index (χ0n) is 17.6. The molecule has 30 heavy (non-hydrogen) atoms. The van der Waals surface area contributed by atoms with E-state index in [1.807, 2.05) is 6.92 Å². The summed E-state index contributed by atoms with van der Waals surface area (Å²) in [5, 5.41) is 10.6. The van der Waals surface area contributed by atoms with Crippen molar-refractivity contribution < 1.29 is 38.1 Å². The number of benzene rings is 1. The van der Waals surface area contributed by atoms with Gasteiger partial charge in [-0.25, -0.2) is 0 Å². The first-order valence-corrected chi connectivity index (χ1v) is 10.1. The maximum absolute atomic E-state index is 10.6. The fourth-order valence-corrected chi connectivity index (χ4v) is 2.13. The van der Waals surface area contributed by atoms with Crippen LogP contribution in [0.15, 0.2) is 24.3 Å². The SMILES string of the molecule is CCOCCOCCOCCOCCOCCOCCOc1ccc([N+](=O)[O-])cc1. The number of hydrogen-bond acceptors (Lipinski definition) is 9. The molecule has 0 aliphatic carbocycles. The molecule has 1 rings (SSSR count). The molecule has 10 heteroatoms. The predicted molar refractivity (Wildman–Crippen MR) is 109 cm³/mol. The van der Waals surface area contributed by atoms with E-state index in [-0.39, 0.29) is 5.69 Å². The maximum atomic E-state index is 10.6. The van der Waals surface area contributed by atoms with Crippen LogP contribution in [0.1, 0.15) is 6.92 Å². The number of nitro benzene ring substituents is 1. The fourth-order valence-electron chi connectivity index (χ4n) is 2.13. The Morgan fingerprint density at radius 2 is 1.00 bits per heavy atom. The van der Waals surface area contributed by atoms with E-state index in [2.05, 4.69) is 0 Å². The van der Waals surface area contributed by atoms with Gasteiger partial charge in [0, 0.05) is 18.7 Å². The minimum atomic E-state index is -0.449. The third-order valence-corrected chi connectivity index (χ3v) is 3.61. The van der Waals surface area contributed by atoms with E-state index in [0.717, 1.165) is 0 Å². The summed E-state index contributed by atoms with van der Waals surface area (Å²) in [7, 11) is 0. The van der Waals surface area contributed by atoms with E-state index < -0.39 is 4.92 Å². The summed E-state index contributed by atoms with van der Waals surface area (Å²) < 4.78 is 37.5. The van der Waals surface area contributed by atoms with Gasteiger partial charge in [-0.15, -0.1) is 0 Å². The van der Waals surface area contributed by atoms with Crippen LogP contribution in [0.2, 0.25) is 0 Å². The van der Waals surface area contributed by atoms with E-state index in [1.165, 1.54) is 12.1 Å². The van der Waals surface area contributed by atoms with E-state index in [1.54, 1.807) is 12.1 Å². The third kappa shape index (κ3) is 15.1. The van der Waals surface area contributed by atoms with Gasteiger partial charge in [-0.05, 0) is 19.1 Å². The zero-order chi connectivity index (χ0) is 21.7. The molecule has 0 saturated carbocycles. The molecular formula is C20H33NO9. The molecule has 0 amide bonds. The molecule has 0 atom stereocenters. The normalized spacial score (nSPS) is 11.0. The van der Waals surface area contributed by atoms with Gasteiger partial charge in [0.1, 0.15) is 12.4 Å². The average Bonchev–Trinajstić information content (AvgIpc) is 2.75. The van der Waals surface area contributed by atoms with Crippen molar-refractivity contribution in [3.63, 3.8) is 0 Å². The fraction of sp³-hybridized carbons (Fsp3) is 0.700. The summed E-state index contributed by atoms with van der Waals surface area (Å²) in [6, 6.07) is 5.92. The lowest BCUT2D eigenvalue weighted by Crippen LogP contribution is -2.14. The molecule has 10 nitrogen and oxygen atoms in total. The molecule has 0 aliphatic heterocycles. The van der Waals surface area contributed by atoms with E-state index >= 15 is 0 Å². The first kappa shape index (κ1) is 26.2. The molecule has 1 aromatic rings. The summed E-state index contributed by atoms with van der Waals surface area (Å²) in [6.45, 7) is 8.65. The Kier molecular flexibility index (Phi) is 16.7. The van der Waals surface area contributed by atoms with Crippen LogP contribution in [-0.2, 0) is 28.4 Å². The van der Waals surface area contributed by atoms with Crippen molar-refractivity contribution in [1.29, 1.82) is 0 Å². The smallest absolute Gasteiger partial charge is 0.269 e. The molecule has 0 saturated heterocycles. The second kappa shape index (κ2) is 19.2. The van der Waals surface area contributed by atoms with Crippen molar-refractivity contribution in [2.24, 2.45) is 0 Å². The number of nitro groups is 1. The molecule has 0 aliphatic rings. The summed E-state index contributed by atoms with van der Waals surface area (Å²) in [5.74, 6) is 0.565. The number of nitrogens with zero attached hydrogens (tertiary/aromatic N) is 1. The van der Waals surface area contributed by atoms with E-state index in [4.69, 9.17) is 33.2 Å². The van der Waals surface area contributed by atoms with Gasteiger partial charge in [0.2, 0.25) is 0 Å². The molecule has 172 valence electrons. The predicted octanol–water partition coefficient (Wildman–Crippen LogP) is 2.09. The Hall–Kier alpha value is -1.82. The van der Waals surface area contributed by atoms with Gasteiger partial charge in [0.25, 0.3) is 5.69 Å². The highest BCUT2D eigenvalue weighted by atomic mass is 16.6. The van der Waals surface area contributed by atoms with Gasteiger partial charge in [-0.3, -0.25) is 10.1 Å². The quantitative estimate of drug-likeness (QED) is 0.164. The van der Waals surface area contributed by atoms with Crippen molar-refractivity contribution in [3.05, 3.63) is 34.4 Å². The topological polar surface area (TPSA) is 108 Å². The molecule has 0 heterocycles. The molecule has 0 unspecified atom stereocenters. The highest BCUT2D eigenvalue weighted by Gasteiger charge is 2.04. The van der Waals surface area contributed by atoms with Crippen molar-refractivity contribution in [2.75, 3.05) is 85.9 Å². The highest BCUT2D eigenvalue weighted by molar-refractivity contribution is 5.35. The van der Waals surface area contributed by atoms with Gasteiger partial charge < -0.3 is 33.2 Å². The summed E-state index contributed by atoms with van der Waals surface area (Å²) >= 11 is 0. The Balaban J connectivity index is 1.76. The van der Waals surface area contributed by atoms with Crippen LogP contribution in [0.3, 0.4) is 0 Å². The first-order chi connectivity index (χ1) is 14.7. The number of rotatable bonds is 21. The summed E-state index contributed by atoms with van der Waals surface area (Å²) in [4.78, 5) is 10.1. The molecule has 1 aromatic carbocycles. The first-order valence-electron chi connectivity index (χ1n) is 10.1. The monoisotopic (exact) mass is 431 g/mol. The summed E-state index contributed by atoms with van der Waals surface area (Å²) in [6.07, 6.45) is 0. The lowest BCUT2D eigenvalue weighted by Gasteiger charge is -2.08. The molecule has 0 bridgehead atoms. The Labute approximate surface area is 177 Å². The lowest BCUT2D eigenvalue weighted by atomic mass is 10.3. The second-order valence-corrected chi connectivity index (χ2v) is 5.86.